The van der Waals surface area contributed by atoms with Crippen LogP contribution in [0.2, 0.25) is 0 Å². The molecule has 33 heavy (non-hydrogen) atoms. The highest BCUT2D eigenvalue weighted by Crippen LogP contribution is 2.22. The molecule has 0 aliphatic carbocycles. The molecule has 0 radical (unpaired) electrons. The Morgan fingerprint density at radius 2 is 1.79 bits per heavy atom. The maximum absolute atomic E-state index is 13.6. The molecule has 0 aliphatic heterocycles. The molecular formula is C26H25FN4O2. The number of carbonyl (C=O) groups excluding carboxylic acids is 1. The molecule has 2 amide bonds. The van der Waals surface area contributed by atoms with Gasteiger partial charge in [0.25, 0.3) is 5.56 Å². The first-order valence-corrected chi connectivity index (χ1v) is 10.8. The molecule has 0 aliphatic rings. The highest BCUT2D eigenvalue weighted by molar-refractivity contribution is 5.89. The van der Waals surface area contributed by atoms with Crippen LogP contribution in [0.1, 0.15) is 31.3 Å². The van der Waals surface area contributed by atoms with Crippen molar-refractivity contribution in [1.82, 2.24) is 14.5 Å². The first kappa shape index (κ1) is 22.2. The van der Waals surface area contributed by atoms with Gasteiger partial charge in [-0.1, -0.05) is 48.5 Å². The van der Waals surface area contributed by atoms with Crippen LogP contribution < -0.4 is 10.9 Å². The predicted octanol–water partition coefficient (Wildman–Crippen LogP) is 5.20. The largest absolute Gasteiger partial charge is 0.322 e. The second-order valence-electron chi connectivity index (χ2n) is 7.77. The Hall–Kier alpha value is -4.00. The molecule has 6 nitrogen and oxygen atoms in total. The summed E-state index contributed by atoms with van der Waals surface area (Å²) < 4.78 is 15.2. The summed E-state index contributed by atoms with van der Waals surface area (Å²) in [7, 11) is 0. The van der Waals surface area contributed by atoms with Gasteiger partial charge >= 0.3 is 6.03 Å². The van der Waals surface area contributed by atoms with Crippen LogP contribution >= 0.6 is 0 Å². The summed E-state index contributed by atoms with van der Waals surface area (Å²) in [5.41, 5.74) is 1.74. The Bertz CT molecular complexity index is 1340. The molecule has 1 heterocycles. The number of hydrogen-bond donors (Lipinski definition) is 1. The smallest absolute Gasteiger partial charge is 0.315 e. The van der Waals surface area contributed by atoms with E-state index in [1.807, 2.05) is 56.3 Å². The Morgan fingerprint density at radius 1 is 1.06 bits per heavy atom. The summed E-state index contributed by atoms with van der Waals surface area (Å²) in [4.78, 5) is 32.9. The molecule has 168 valence electrons. The van der Waals surface area contributed by atoms with Crippen molar-refractivity contribution in [2.24, 2.45) is 0 Å². The average Bonchev–Trinajstić information content (AvgIpc) is 2.82. The van der Waals surface area contributed by atoms with E-state index in [4.69, 9.17) is 4.98 Å². The SMILES string of the molecule is CCN(C(=O)Nc1cccc(F)c1)C(C)c1nc2ccccc2c(=O)n1Cc1ccccc1. The van der Waals surface area contributed by atoms with Crippen molar-refractivity contribution in [2.75, 3.05) is 11.9 Å². The van der Waals surface area contributed by atoms with E-state index in [2.05, 4.69) is 5.32 Å². The third-order valence-corrected chi connectivity index (χ3v) is 5.59. The van der Waals surface area contributed by atoms with E-state index >= 15 is 0 Å². The number of para-hydroxylation sites is 1. The number of aromatic nitrogens is 2. The van der Waals surface area contributed by atoms with Gasteiger partial charge in [-0.05, 0) is 49.7 Å². The van der Waals surface area contributed by atoms with Gasteiger partial charge in [-0.15, -0.1) is 0 Å². The zero-order valence-electron chi connectivity index (χ0n) is 18.5. The van der Waals surface area contributed by atoms with Crippen molar-refractivity contribution in [3.8, 4) is 0 Å². The third-order valence-electron chi connectivity index (χ3n) is 5.59. The van der Waals surface area contributed by atoms with Crippen molar-refractivity contribution in [3.05, 3.63) is 106 Å². The van der Waals surface area contributed by atoms with E-state index in [-0.39, 0.29) is 5.56 Å². The lowest BCUT2D eigenvalue weighted by Crippen LogP contribution is -2.40. The van der Waals surface area contributed by atoms with E-state index in [1.54, 1.807) is 27.7 Å². The second-order valence-corrected chi connectivity index (χ2v) is 7.77. The fourth-order valence-corrected chi connectivity index (χ4v) is 3.92. The Kier molecular flexibility index (Phi) is 6.49. The van der Waals surface area contributed by atoms with Gasteiger partial charge in [-0.3, -0.25) is 9.36 Å². The minimum atomic E-state index is -0.510. The molecule has 3 aromatic carbocycles. The first-order valence-electron chi connectivity index (χ1n) is 10.8. The standard InChI is InChI=1S/C26H25FN4O2/c1-3-30(26(33)28-21-13-9-12-20(27)16-21)18(2)24-29-23-15-8-7-14-22(23)25(32)31(24)17-19-10-5-4-6-11-19/h4-16,18H,3,17H2,1-2H3,(H,28,33). The third kappa shape index (κ3) is 4.77. The van der Waals surface area contributed by atoms with Gasteiger partial charge < -0.3 is 10.2 Å². The van der Waals surface area contributed by atoms with E-state index < -0.39 is 17.9 Å². The van der Waals surface area contributed by atoms with Crippen LogP contribution in [-0.4, -0.2) is 27.0 Å². The quantitative estimate of drug-likeness (QED) is 0.445. The maximum atomic E-state index is 13.6. The zero-order chi connectivity index (χ0) is 23.4. The summed E-state index contributed by atoms with van der Waals surface area (Å²) in [6.45, 7) is 4.39. The van der Waals surface area contributed by atoms with Gasteiger partial charge in [0.2, 0.25) is 0 Å². The van der Waals surface area contributed by atoms with Crippen molar-refractivity contribution in [1.29, 1.82) is 0 Å². The molecule has 1 aromatic heterocycles. The lowest BCUT2D eigenvalue weighted by Gasteiger charge is -2.29. The molecule has 1 unspecified atom stereocenters. The van der Waals surface area contributed by atoms with Gasteiger partial charge in [-0.25, -0.2) is 14.2 Å². The Morgan fingerprint density at radius 3 is 2.52 bits per heavy atom. The van der Waals surface area contributed by atoms with Crippen LogP contribution in [0.15, 0.2) is 83.7 Å². The van der Waals surface area contributed by atoms with Crippen LogP contribution in [0.5, 0.6) is 0 Å². The van der Waals surface area contributed by atoms with E-state index in [0.717, 1.165) is 5.56 Å². The molecule has 4 rings (SSSR count). The van der Waals surface area contributed by atoms with Crippen LogP contribution in [0.4, 0.5) is 14.9 Å². The summed E-state index contributed by atoms with van der Waals surface area (Å²) in [6.07, 6.45) is 0. The van der Waals surface area contributed by atoms with Crippen LogP contribution in [0.3, 0.4) is 0 Å². The van der Waals surface area contributed by atoms with Crippen molar-refractivity contribution < 1.29 is 9.18 Å². The second kappa shape index (κ2) is 9.65. The number of benzene rings is 3. The normalized spacial score (nSPS) is 11.8. The molecule has 4 aromatic rings. The number of nitrogens with zero attached hydrogens (tertiary/aromatic N) is 3. The molecule has 1 atom stereocenters. The fourth-order valence-electron chi connectivity index (χ4n) is 3.92. The van der Waals surface area contributed by atoms with Crippen molar-refractivity contribution >= 4 is 22.6 Å². The number of amides is 2. The minimum absolute atomic E-state index is 0.159. The summed E-state index contributed by atoms with van der Waals surface area (Å²) in [6, 6.07) is 21.7. The van der Waals surface area contributed by atoms with Gasteiger partial charge in [0, 0.05) is 12.2 Å². The minimum Gasteiger partial charge on any atom is -0.315 e. The van der Waals surface area contributed by atoms with Gasteiger partial charge in [0.05, 0.1) is 23.5 Å². The van der Waals surface area contributed by atoms with Gasteiger partial charge in [0.1, 0.15) is 11.6 Å². The van der Waals surface area contributed by atoms with E-state index in [1.165, 1.54) is 18.2 Å². The van der Waals surface area contributed by atoms with Crippen LogP contribution in [-0.2, 0) is 6.54 Å². The number of nitrogens with one attached hydrogen (secondary N) is 1. The van der Waals surface area contributed by atoms with Gasteiger partial charge in [0.15, 0.2) is 0 Å². The number of halogens is 1. The number of urea groups is 1. The summed E-state index contributed by atoms with van der Waals surface area (Å²) >= 11 is 0. The lowest BCUT2D eigenvalue weighted by atomic mass is 10.1. The molecular weight excluding hydrogens is 419 g/mol. The molecule has 0 spiro atoms. The summed E-state index contributed by atoms with van der Waals surface area (Å²) in [5, 5.41) is 3.26. The predicted molar refractivity (Wildman–Crippen MR) is 128 cm³/mol. The number of fused-ring (bicyclic) bond motifs is 1. The van der Waals surface area contributed by atoms with Crippen molar-refractivity contribution in [3.63, 3.8) is 0 Å². The highest BCUT2D eigenvalue weighted by Gasteiger charge is 2.25. The topological polar surface area (TPSA) is 67.2 Å². The van der Waals surface area contributed by atoms with Crippen molar-refractivity contribution in [2.45, 2.75) is 26.4 Å². The number of rotatable bonds is 6. The fraction of sp³-hybridized carbons (Fsp3) is 0.192. The highest BCUT2D eigenvalue weighted by atomic mass is 19.1. The molecule has 0 fully saturated rings. The summed E-state index contributed by atoms with van der Waals surface area (Å²) in [5.74, 6) is 0.0515. The molecule has 0 bridgehead atoms. The average molecular weight is 445 g/mol. The van der Waals surface area contributed by atoms with Crippen LogP contribution in [0.25, 0.3) is 10.9 Å². The number of carbonyl (C=O) groups is 1. The first-order chi connectivity index (χ1) is 16.0. The molecule has 1 N–H and O–H groups in total. The monoisotopic (exact) mass is 444 g/mol. The maximum Gasteiger partial charge on any atom is 0.322 e. The molecule has 7 heteroatoms. The Labute approximate surface area is 191 Å². The molecule has 0 saturated carbocycles. The van der Waals surface area contributed by atoms with E-state index in [9.17, 15) is 14.0 Å². The number of anilines is 1. The van der Waals surface area contributed by atoms with Crippen LogP contribution in [0, 0.1) is 5.82 Å². The zero-order valence-corrected chi connectivity index (χ0v) is 18.5. The van der Waals surface area contributed by atoms with E-state index in [0.29, 0.717) is 35.5 Å². The van der Waals surface area contributed by atoms with Gasteiger partial charge in [-0.2, -0.15) is 0 Å². The lowest BCUT2D eigenvalue weighted by molar-refractivity contribution is 0.192. The Balaban J connectivity index is 1.75. The molecule has 0 saturated heterocycles. The number of hydrogen-bond acceptors (Lipinski definition) is 3.